The molecule has 13 heavy (non-hydrogen) atoms. The summed E-state index contributed by atoms with van der Waals surface area (Å²) in [5, 5.41) is 10.3. The average molecular weight is 184 g/mol. The Morgan fingerprint density at radius 3 is 2.15 bits per heavy atom. The van der Waals surface area contributed by atoms with Crippen LogP contribution in [-0.4, -0.2) is 10.7 Å². The summed E-state index contributed by atoms with van der Waals surface area (Å²) < 4.78 is 0. The Labute approximate surface area is 82.5 Å². The van der Waals surface area contributed by atoms with Gasteiger partial charge in [-0.2, -0.15) is 0 Å². The SMILES string of the molecule is CCCC(C)(O)C1CCCCCC1. The summed E-state index contributed by atoms with van der Waals surface area (Å²) in [6.45, 7) is 4.19. The Morgan fingerprint density at radius 1 is 1.15 bits per heavy atom. The van der Waals surface area contributed by atoms with Crippen LogP contribution in [0.5, 0.6) is 0 Å². The van der Waals surface area contributed by atoms with Crippen molar-refractivity contribution in [3.05, 3.63) is 0 Å². The normalized spacial score (nSPS) is 25.2. The molecule has 1 N–H and O–H groups in total. The molecule has 1 heteroatoms. The lowest BCUT2D eigenvalue weighted by Gasteiger charge is -2.32. The molecule has 0 bridgehead atoms. The zero-order chi connectivity index (χ0) is 9.73. The van der Waals surface area contributed by atoms with Crippen LogP contribution in [0.15, 0.2) is 0 Å². The van der Waals surface area contributed by atoms with E-state index in [0.29, 0.717) is 5.92 Å². The monoisotopic (exact) mass is 184 g/mol. The first-order valence-electron chi connectivity index (χ1n) is 5.89. The molecule has 1 atom stereocenters. The predicted molar refractivity (Wildman–Crippen MR) is 56.7 cm³/mol. The second-order valence-electron chi connectivity index (χ2n) is 4.80. The van der Waals surface area contributed by atoms with Gasteiger partial charge in [-0.15, -0.1) is 0 Å². The van der Waals surface area contributed by atoms with Crippen LogP contribution >= 0.6 is 0 Å². The van der Waals surface area contributed by atoms with Gasteiger partial charge in [-0.05, 0) is 32.1 Å². The molecule has 0 aromatic carbocycles. The Kier molecular flexibility index (Phi) is 4.24. The molecule has 1 aliphatic carbocycles. The second-order valence-corrected chi connectivity index (χ2v) is 4.80. The van der Waals surface area contributed by atoms with Crippen molar-refractivity contribution < 1.29 is 5.11 Å². The van der Waals surface area contributed by atoms with Crippen LogP contribution in [0.2, 0.25) is 0 Å². The minimum absolute atomic E-state index is 0.390. The van der Waals surface area contributed by atoms with Crippen LogP contribution in [0.25, 0.3) is 0 Å². The van der Waals surface area contributed by atoms with Crippen molar-refractivity contribution in [3.8, 4) is 0 Å². The summed E-state index contributed by atoms with van der Waals surface area (Å²) in [6, 6.07) is 0. The lowest BCUT2D eigenvalue weighted by molar-refractivity contribution is -0.0156. The minimum atomic E-state index is -0.390. The van der Waals surface area contributed by atoms with Crippen LogP contribution in [0.1, 0.15) is 65.2 Å². The van der Waals surface area contributed by atoms with E-state index in [1.165, 1.54) is 38.5 Å². The van der Waals surface area contributed by atoms with E-state index in [-0.39, 0.29) is 5.60 Å². The van der Waals surface area contributed by atoms with Crippen molar-refractivity contribution in [2.75, 3.05) is 0 Å². The van der Waals surface area contributed by atoms with Crippen LogP contribution in [0, 0.1) is 5.92 Å². The summed E-state index contributed by atoms with van der Waals surface area (Å²) in [4.78, 5) is 0. The Balaban J connectivity index is 2.46. The highest BCUT2D eigenvalue weighted by Gasteiger charge is 2.30. The zero-order valence-corrected chi connectivity index (χ0v) is 9.18. The maximum Gasteiger partial charge on any atom is 0.0647 e. The molecule has 0 amide bonds. The van der Waals surface area contributed by atoms with Gasteiger partial charge >= 0.3 is 0 Å². The summed E-state index contributed by atoms with van der Waals surface area (Å²) >= 11 is 0. The molecule has 0 radical (unpaired) electrons. The van der Waals surface area contributed by atoms with Gasteiger partial charge in [0.15, 0.2) is 0 Å². The van der Waals surface area contributed by atoms with Crippen molar-refractivity contribution in [1.82, 2.24) is 0 Å². The third-order valence-corrected chi connectivity index (χ3v) is 3.49. The first-order chi connectivity index (χ1) is 6.17. The summed E-state index contributed by atoms with van der Waals surface area (Å²) in [6.07, 6.45) is 9.95. The molecule has 1 aliphatic rings. The lowest BCUT2D eigenvalue weighted by atomic mass is 9.80. The van der Waals surface area contributed by atoms with Crippen LogP contribution in [0.4, 0.5) is 0 Å². The molecule has 0 spiro atoms. The molecule has 1 unspecified atom stereocenters. The fourth-order valence-electron chi connectivity index (χ4n) is 2.61. The molecule has 0 aromatic heterocycles. The van der Waals surface area contributed by atoms with E-state index < -0.39 is 0 Å². The van der Waals surface area contributed by atoms with E-state index in [1.807, 2.05) is 6.92 Å². The number of rotatable bonds is 3. The maximum absolute atomic E-state index is 10.3. The third kappa shape index (κ3) is 3.30. The van der Waals surface area contributed by atoms with Gasteiger partial charge in [-0.3, -0.25) is 0 Å². The van der Waals surface area contributed by atoms with Gasteiger partial charge in [0.1, 0.15) is 0 Å². The standard InChI is InChI=1S/C12H24O/c1-3-10-12(2,13)11-8-6-4-5-7-9-11/h11,13H,3-10H2,1-2H3. The van der Waals surface area contributed by atoms with Crippen LogP contribution < -0.4 is 0 Å². The fourth-order valence-corrected chi connectivity index (χ4v) is 2.61. The van der Waals surface area contributed by atoms with E-state index >= 15 is 0 Å². The smallest absolute Gasteiger partial charge is 0.0647 e. The van der Waals surface area contributed by atoms with Crippen LogP contribution in [-0.2, 0) is 0 Å². The fraction of sp³-hybridized carbons (Fsp3) is 1.00. The summed E-state index contributed by atoms with van der Waals surface area (Å²) in [7, 11) is 0. The van der Waals surface area contributed by atoms with Gasteiger partial charge in [0, 0.05) is 0 Å². The van der Waals surface area contributed by atoms with Gasteiger partial charge in [0.25, 0.3) is 0 Å². The number of hydrogen-bond donors (Lipinski definition) is 1. The topological polar surface area (TPSA) is 20.2 Å². The van der Waals surface area contributed by atoms with E-state index in [2.05, 4.69) is 6.92 Å². The van der Waals surface area contributed by atoms with E-state index in [1.54, 1.807) is 0 Å². The van der Waals surface area contributed by atoms with Crippen molar-refractivity contribution in [3.63, 3.8) is 0 Å². The first-order valence-corrected chi connectivity index (χ1v) is 5.89. The molecule has 0 aromatic rings. The molecule has 0 saturated heterocycles. The molecule has 1 fully saturated rings. The Morgan fingerprint density at radius 2 is 1.69 bits per heavy atom. The Bertz CT molecular complexity index is 132. The van der Waals surface area contributed by atoms with Gasteiger partial charge < -0.3 is 5.11 Å². The van der Waals surface area contributed by atoms with Gasteiger partial charge in [-0.1, -0.05) is 39.0 Å². The third-order valence-electron chi connectivity index (χ3n) is 3.49. The van der Waals surface area contributed by atoms with Crippen molar-refractivity contribution in [2.45, 2.75) is 70.8 Å². The van der Waals surface area contributed by atoms with Gasteiger partial charge in [-0.25, -0.2) is 0 Å². The molecule has 1 nitrogen and oxygen atoms in total. The summed E-state index contributed by atoms with van der Waals surface area (Å²) in [5.41, 5.74) is -0.390. The predicted octanol–water partition coefficient (Wildman–Crippen LogP) is 3.51. The highest BCUT2D eigenvalue weighted by molar-refractivity contribution is 4.82. The lowest BCUT2D eigenvalue weighted by Crippen LogP contribution is -2.34. The highest BCUT2D eigenvalue weighted by Crippen LogP contribution is 2.34. The quantitative estimate of drug-likeness (QED) is 0.665. The minimum Gasteiger partial charge on any atom is -0.390 e. The Hall–Kier alpha value is -0.0400. The molecule has 0 aliphatic heterocycles. The molecule has 78 valence electrons. The van der Waals surface area contributed by atoms with Gasteiger partial charge in [0.05, 0.1) is 5.60 Å². The molecular weight excluding hydrogens is 160 g/mol. The second kappa shape index (κ2) is 4.99. The molecule has 1 saturated carbocycles. The first kappa shape index (κ1) is 11.0. The van der Waals surface area contributed by atoms with E-state index in [4.69, 9.17) is 0 Å². The van der Waals surface area contributed by atoms with Crippen molar-refractivity contribution in [1.29, 1.82) is 0 Å². The van der Waals surface area contributed by atoms with Gasteiger partial charge in [0.2, 0.25) is 0 Å². The largest absolute Gasteiger partial charge is 0.390 e. The highest BCUT2D eigenvalue weighted by atomic mass is 16.3. The number of hydrogen-bond acceptors (Lipinski definition) is 1. The average Bonchev–Trinajstić information content (AvgIpc) is 2.31. The van der Waals surface area contributed by atoms with Crippen molar-refractivity contribution in [2.24, 2.45) is 5.92 Å². The molecule has 0 heterocycles. The van der Waals surface area contributed by atoms with Crippen molar-refractivity contribution >= 4 is 0 Å². The number of aliphatic hydroxyl groups is 1. The van der Waals surface area contributed by atoms with Crippen LogP contribution in [0.3, 0.4) is 0 Å². The summed E-state index contributed by atoms with van der Waals surface area (Å²) in [5.74, 6) is 0.565. The van der Waals surface area contributed by atoms with E-state index in [9.17, 15) is 5.11 Å². The zero-order valence-electron chi connectivity index (χ0n) is 9.18. The molecule has 1 rings (SSSR count). The maximum atomic E-state index is 10.3. The molecular formula is C12H24O. The van der Waals surface area contributed by atoms with E-state index in [0.717, 1.165) is 12.8 Å².